The fourth-order valence-electron chi connectivity index (χ4n) is 3.77. The molecule has 0 amide bonds. The van der Waals surface area contributed by atoms with Gasteiger partial charge in [-0.2, -0.15) is 0 Å². The Kier molecular flexibility index (Phi) is 6.23. The molecule has 0 fully saturated rings. The van der Waals surface area contributed by atoms with E-state index < -0.39 is 0 Å². The number of nitrogens with zero attached hydrogens (tertiary/aromatic N) is 2. The van der Waals surface area contributed by atoms with E-state index in [1.54, 1.807) is 0 Å². The summed E-state index contributed by atoms with van der Waals surface area (Å²) >= 11 is 0. The maximum atomic E-state index is 6.35. The number of H-pyrrole nitrogens is 2. The van der Waals surface area contributed by atoms with Crippen LogP contribution in [0.2, 0.25) is 0 Å². The van der Waals surface area contributed by atoms with Crippen LogP contribution in [0.5, 0.6) is 0 Å². The van der Waals surface area contributed by atoms with Crippen LogP contribution in [-0.2, 0) is 0 Å². The van der Waals surface area contributed by atoms with E-state index in [-0.39, 0.29) is 22.9 Å². The van der Waals surface area contributed by atoms with Gasteiger partial charge in [0.05, 0.1) is 23.5 Å². The smallest absolute Gasteiger partial charge is 0.124 e. The maximum Gasteiger partial charge on any atom is 0.124 e. The predicted octanol–water partition coefficient (Wildman–Crippen LogP) is 6.23. The molecule has 4 aromatic rings. The number of hydrogen-bond acceptors (Lipinski definition) is 4. The van der Waals surface area contributed by atoms with E-state index in [1.807, 2.05) is 12.4 Å². The molecule has 6 heteroatoms. The standard InChI is InChI=1S/C28H36N6/c1-27(2,3)23(29)25-31-15-21(33-25)19-11-7-17(8-12-19)18-9-13-20(14-10-18)22-16-32-26(34-22)24(30)28(4,5)6/h7-16,23-24H,29-30H2,1-6H3,(H,31,33)(H,32,34). The normalized spacial score (nSPS) is 14.2. The lowest BCUT2D eigenvalue weighted by Crippen LogP contribution is -2.27. The van der Waals surface area contributed by atoms with Crippen molar-refractivity contribution in [1.82, 2.24) is 19.9 Å². The minimum Gasteiger partial charge on any atom is -0.347 e. The SMILES string of the molecule is CC(C)(C)C(N)c1nc(-c2ccc(-c3ccc(-c4c[nH]c(C(N)C(C)(C)C)n4)cc3)cc2)c[nH]1. The summed E-state index contributed by atoms with van der Waals surface area (Å²) in [4.78, 5) is 15.9. The summed E-state index contributed by atoms with van der Waals surface area (Å²) in [5.41, 5.74) is 18.8. The molecule has 2 aromatic carbocycles. The van der Waals surface area contributed by atoms with Crippen LogP contribution in [0.3, 0.4) is 0 Å². The number of rotatable bonds is 5. The number of aromatic amines is 2. The number of hydrogen-bond donors (Lipinski definition) is 4. The summed E-state index contributed by atoms with van der Waals surface area (Å²) in [7, 11) is 0. The highest BCUT2D eigenvalue weighted by molar-refractivity contribution is 5.71. The number of nitrogens with two attached hydrogens (primary N) is 2. The Balaban J connectivity index is 1.49. The van der Waals surface area contributed by atoms with Crippen molar-refractivity contribution in [2.75, 3.05) is 0 Å². The highest BCUT2D eigenvalue weighted by Gasteiger charge is 2.26. The summed E-state index contributed by atoms with van der Waals surface area (Å²) in [5.74, 6) is 1.62. The van der Waals surface area contributed by atoms with Crippen molar-refractivity contribution in [2.24, 2.45) is 22.3 Å². The van der Waals surface area contributed by atoms with Gasteiger partial charge in [-0.3, -0.25) is 0 Å². The lowest BCUT2D eigenvalue weighted by Gasteiger charge is -2.24. The Hall–Kier alpha value is -3.22. The van der Waals surface area contributed by atoms with Gasteiger partial charge in [-0.1, -0.05) is 90.1 Å². The zero-order valence-electron chi connectivity index (χ0n) is 21.0. The Bertz CT molecular complexity index is 1130. The van der Waals surface area contributed by atoms with E-state index >= 15 is 0 Å². The van der Waals surface area contributed by atoms with Crippen LogP contribution in [-0.4, -0.2) is 19.9 Å². The van der Waals surface area contributed by atoms with Gasteiger partial charge in [0.1, 0.15) is 11.6 Å². The summed E-state index contributed by atoms with van der Waals surface area (Å²) in [6, 6.07) is 16.6. The summed E-state index contributed by atoms with van der Waals surface area (Å²) in [6.07, 6.45) is 3.85. The molecule has 0 aliphatic heterocycles. The average Bonchev–Trinajstić information content (AvgIpc) is 3.47. The molecule has 0 saturated heterocycles. The molecule has 178 valence electrons. The molecular weight excluding hydrogens is 420 g/mol. The van der Waals surface area contributed by atoms with Crippen molar-refractivity contribution >= 4 is 0 Å². The third-order valence-corrected chi connectivity index (χ3v) is 6.35. The van der Waals surface area contributed by atoms with Crippen LogP contribution >= 0.6 is 0 Å². The molecule has 6 nitrogen and oxygen atoms in total. The van der Waals surface area contributed by atoms with Gasteiger partial charge in [-0.25, -0.2) is 9.97 Å². The van der Waals surface area contributed by atoms with Gasteiger partial charge in [0.15, 0.2) is 0 Å². The van der Waals surface area contributed by atoms with E-state index in [1.165, 1.54) is 0 Å². The molecule has 0 bridgehead atoms. The molecule has 2 unspecified atom stereocenters. The zero-order chi connectivity index (χ0) is 24.7. The Morgan fingerprint density at radius 3 is 1.15 bits per heavy atom. The van der Waals surface area contributed by atoms with Crippen molar-refractivity contribution < 1.29 is 0 Å². The van der Waals surface area contributed by atoms with Crippen LogP contribution in [0.25, 0.3) is 33.6 Å². The molecule has 0 aliphatic rings. The Labute approximate surface area is 202 Å². The minimum atomic E-state index is -0.145. The fraction of sp³-hybridized carbons (Fsp3) is 0.357. The second-order valence-electron chi connectivity index (χ2n) is 11.2. The number of nitrogens with one attached hydrogen (secondary N) is 2. The van der Waals surface area contributed by atoms with Crippen molar-refractivity contribution in [1.29, 1.82) is 0 Å². The first-order valence-electron chi connectivity index (χ1n) is 11.8. The van der Waals surface area contributed by atoms with Gasteiger partial charge in [-0.05, 0) is 22.0 Å². The second-order valence-corrected chi connectivity index (χ2v) is 11.2. The van der Waals surface area contributed by atoms with Gasteiger partial charge >= 0.3 is 0 Å². The Morgan fingerprint density at radius 1 is 0.559 bits per heavy atom. The summed E-state index contributed by atoms with van der Waals surface area (Å²) < 4.78 is 0. The zero-order valence-corrected chi connectivity index (χ0v) is 21.0. The van der Waals surface area contributed by atoms with Crippen LogP contribution in [0.4, 0.5) is 0 Å². The van der Waals surface area contributed by atoms with Crippen LogP contribution in [0.15, 0.2) is 60.9 Å². The van der Waals surface area contributed by atoms with Crippen LogP contribution in [0.1, 0.15) is 65.3 Å². The van der Waals surface area contributed by atoms with E-state index in [2.05, 4.69) is 100 Å². The monoisotopic (exact) mass is 456 g/mol. The highest BCUT2D eigenvalue weighted by Crippen LogP contribution is 2.32. The second kappa shape index (κ2) is 8.85. The van der Waals surface area contributed by atoms with Gasteiger partial charge in [0.2, 0.25) is 0 Å². The third-order valence-electron chi connectivity index (χ3n) is 6.35. The molecule has 0 radical (unpaired) electrons. The van der Waals surface area contributed by atoms with Crippen LogP contribution < -0.4 is 11.5 Å². The maximum absolute atomic E-state index is 6.35. The summed E-state index contributed by atoms with van der Waals surface area (Å²) in [5, 5.41) is 0. The molecule has 2 atom stereocenters. The molecule has 34 heavy (non-hydrogen) atoms. The van der Waals surface area contributed by atoms with Crippen molar-refractivity contribution in [2.45, 2.75) is 53.6 Å². The molecule has 2 heterocycles. The van der Waals surface area contributed by atoms with E-state index in [0.717, 1.165) is 45.3 Å². The third kappa shape index (κ3) is 4.98. The predicted molar refractivity (Wildman–Crippen MR) is 140 cm³/mol. The molecule has 0 spiro atoms. The first-order valence-corrected chi connectivity index (χ1v) is 11.8. The lowest BCUT2D eigenvalue weighted by molar-refractivity contribution is 0.316. The largest absolute Gasteiger partial charge is 0.347 e. The molecule has 4 rings (SSSR count). The molecule has 0 aliphatic carbocycles. The van der Waals surface area contributed by atoms with Gasteiger partial charge in [0, 0.05) is 23.5 Å². The van der Waals surface area contributed by atoms with Gasteiger partial charge in [0.25, 0.3) is 0 Å². The van der Waals surface area contributed by atoms with Crippen molar-refractivity contribution in [3.8, 4) is 33.6 Å². The van der Waals surface area contributed by atoms with E-state index in [9.17, 15) is 0 Å². The van der Waals surface area contributed by atoms with E-state index in [0.29, 0.717) is 0 Å². The fourth-order valence-corrected chi connectivity index (χ4v) is 3.77. The highest BCUT2D eigenvalue weighted by atomic mass is 15.0. The number of aromatic nitrogens is 4. The molecule has 0 saturated carbocycles. The Morgan fingerprint density at radius 2 is 0.853 bits per heavy atom. The molecule has 6 N–H and O–H groups in total. The average molecular weight is 457 g/mol. The van der Waals surface area contributed by atoms with Crippen molar-refractivity contribution in [3.05, 3.63) is 72.6 Å². The van der Waals surface area contributed by atoms with Gasteiger partial charge < -0.3 is 21.4 Å². The van der Waals surface area contributed by atoms with E-state index in [4.69, 9.17) is 21.4 Å². The number of imidazole rings is 2. The first-order chi connectivity index (χ1) is 15.9. The lowest BCUT2D eigenvalue weighted by atomic mass is 9.87. The topological polar surface area (TPSA) is 109 Å². The summed E-state index contributed by atoms with van der Waals surface area (Å²) in [6.45, 7) is 12.7. The van der Waals surface area contributed by atoms with Crippen molar-refractivity contribution in [3.63, 3.8) is 0 Å². The minimum absolute atomic E-state index is 0.0543. The molecular formula is C28H36N6. The first kappa shape index (κ1) is 23.9. The van der Waals surface area contributed by atoms with Crippen LogP contribution in [0, 0.1) is 10.8 Å². The molecule has 2 aromatic heterocycles. The quantitative estimate of drug-likeness (QED) is 0.285. The van der Waals surface area contributed by atoms with Gasteiger partial charge in [-0.15, -0.1) is 0 Å². The number of benzene rings is 2.